The molecular formula is C21H32N2O2. The lowest BCUT2D eigenvalue weighted by molar-refractivity contribution is 0.0789. The van der Waals surface area contributed by atoms with E-state index in [1.54, 1.807) is 0 Å². The molecule has 2 aliphatic rings. The third-order valence-electron chi connectivity index (χ3n) is 5.03. The number of nitrogens with zero attached hydrogens (tertiary/aromatic N) is 2. The van der Waals surface area contributed by atoms with Crippen molar-refractivity contribution in [1.29, 1.82) is 0 Å². The molecule has 2 fully saturated rings. The van der Waals surface area contributed by atoms with Crippen molar-refractivity contribution in [2.75, 3.05) is 32.7 Å². The number of likely N-dealkylation sites (tertiary alicyclic amines) is 2. The van der Waals surface area contributed by atoms with Crippen LogP contribution in [0.4, 0.5) is 0 Å². The number of ether oxygens (including phenoxy) is 1. The van der Waals surface area contributed by atoms with Crippen molar-refractivity contribution in [2.24, 2.45) is 5.41 Å². The minimum Gasteiger partial charge on any atom is -0.490 e. The Kier molecular flexibility index (Phi) is 5.67. The van der Waals surface area contributed by atoms with E-state index in [0.29, 0.717) is 5.41 Å². The van der Waals surface area contributed by atoms with Gasteiger partial charge in [0.1, 0.15) is 11.9 Å². The maximum absolute atomic E-state index is 12.4. The maximum Gasteiger partial charge on any atom is 0.253 e. The van der Waals surface area contributed by atoms with E-state index in [9.17, 15) is 4.79 Å². The van der Waals surface area contributed by atoms with Gasteiger partial charge < -0.3 is 14.5 Å². The summed E-state index contributed by atoms with van der Waals surface area (Å²) in [6, 6.07) is 7.71. The van der Waals surface area contributed by atoms with Gasteiger partial charge in [0.05, 0.1) is 0 Å². The second-order valence-electron chi connectivity index (χ2n) is 8.68. The summed E-state index contributed by atoms with van der Waals surface area (Å²) in [5, 5.41) is 0. The van der Waals surface area contributed by atoms with Gasteiger partial charge in [-0.1, -0.05) is 20.8 Å². The number of benzene rings is 1. The fourth-order valence-corrected chi connectivity index (χ4v) is 3.83. The first-order chi connectivity index (χ1) is 11.9. The van der Waals surface area contributed by atoms with E-state index in [4.69, 9.17) is 4.74 Å². The molecule has 1 amide bonds. The number of carbonyl (C=O) groups is 1. The molecule has 0 radical (unpaired) electrons. The van der Waals surface area contributed by atoms with Gasteiger partial charge in [0.25, 0.3) is 5.91 Å². The molecule has 0 aromatic heterocycles. The highest BCUT2D eigenvalue weighted by molar-refractivity contribution is 5.94. The highest BCUT2D eigenvalue weighted by Crippen LogP contribution is 2.23. The standard InChI is InChI=1S/C21H32N2O2/c1-21(2,3)16-22-14-10-19(11-15-22)25-18-8-6-17(7-9-18)20(24)23-12-4-5-13-23/h6-9,19H,4-5,10-16H2,1-3H3. The molecule has 0 bridgehead atoms. The normalized spacial score (nSPS) is 20.0. The van der Waals surface area contributed by atoms with Gasteiger partial charge in [-0.05, 0) is 55.4 Å². The van der Waals surface area contributed by atoms with Gasteiger partial charge >= 0.3 is 0 Å². The van der Waals surface area contributed by atoms with Gasteiger partial charge in [-0.2, -0.15) is 0 Å². The highest BCUT2D eigenvalue weighted by atomic mass is 16.5. The van der Waals surface area contributed by atoms with E-state index in [-0.39, 0.29) is 12.0 Å². The topological polar surface area (TPSA) is 32.8 Å². The molecule has 0 unspecified atom stereocenters. The number of amides is 1. The number of rotatable bonds is 4. The van der Waals surface area contributed by atoms with Gasteiger partial charge in [-0.15, -0.1) is 0 Å². The Hall–Kier alpha value is -1.55. The zero-order chi connectivity index (χ0) is 17.9. The Labute approximate surface area is 152 Å². The van der Waals surface area contributed by atoms with Crippen molar-refractivity contribution in [3.63, 3.8) is 0 Å². The predicted octanol–water partition coefficient (Wildman–Crippen LogP) is 3.81. The molecule has 2 aliphatic heterocycles. The molecule has 0 saturated carbocycles. The van der Waals surface area contributed by atoms with Crippen LogP contribution in [0, 0.1) is 5.41 Å². The van der Waals surface area contributed by atoms with Crippen LogP contribution in [-0.2, 0) is 0 Å². The smallest absolute Gasteiger partial charge is 0.253 e. The van der Waals surface area contributed by atoms with E-state index >= 15 is 0 Å². The van der Waals surface area contributed by atoms with E-state index in [1.165, 1.54) is 0 Å². The quantitative estimate of drug-likeness (QED) is 0.832. The Morgan fingerprint density at radius 2 is 1.64 bits per heavy atom. The summed E-state index contributed by atoms with van der Waals surface area (Å²) >= 11 is 0. The lowest BCUT2D eigenvalue weighted by Crippen LogP contribution is -2.42. The molecule has 1 aromatic carbocycles. The van der Waals surface area contributed by atoms with Crippen LogP contribution >= 0.6 is 0 Å². The summed E-state index contributed by atoms with van der Waals surface area (Å²) in [5.74, 6) is 1.03. The Bertz CT molecular complexity index is 563. The zero-order valence-corrected chi connectivity index (χ0v) is 16.0. The monoisotopic (exact) mass is 344 g/mol. The number of carbonyl (C=O) groups excluding carboxylic acids is 1. The van der Waals surface area contributed by atoms with E-state index in [0.717, 1.165) is 69.7 Å². The summed E-state index contributed by atoms with van der Waals surface area (Å²) in [7, 11) is 0. The van der Waals surface area contributed by atoms with Crippen molar-refractivity contribution in [3.8, 4) is 5.75 Å². The van der Waals surface area contributed by atoms with Crippen LogP contribution in [-0.4, -0.2) is 54.5 Å². The predicted molar refractivity (Wildman–Crippen MR) is 101 cm³/mol. The molecule has 3 rings (SSSR count). The largest absolute Gasteiger partial charge is 0.490 e. The van der Waals surface area contributed by atoms with Gasteiger partial charge in [0.15, 0.2) is 0 Å². The number of hydrogen-bond acceptors (Lipinski definition) is 3. The average Bonchev–Trinajstić information content (AvgIpc) is 3.10. The first kappa shape index (κ1) is 18.2. The van der Waals surface area contributed by atoms with Gasteiger partial charge in [-0.25, -0.2) is 0 Å². The number of piperidine rings is 1. The SMILES string of the molecule is CC(C)(C)CN1CCC(Oc2ccc(C(=O)N3CCCC3)cc2)CC1. The van der Waals surface area contributed by atoms with Crippen LogP contribution in [0.1, 0.15) is 56.8 Å². The van der Waals surface area contributed by atoms with Crippen molar-refractivity contribution >= 4 is 5.91 Å². The lowest BCUT2D eigenvalue weighted by atomic mass is 9.94. The number of hydrogen-bond donors (Lipinski definition) is 0. The molecule has 0 N–H and O–H groups in total. The van der Waals surface area contributed by atoms with E-state index < -0.39 is 0 Å². The Morgan fingerprint density at radius 1 is 1.04 bits per heavy atom. The summed E-state index contributed by atoms with van der Waals surface area (Å²) in [5.41, 5.74) is 1.13. The first-order valence-corrected chi connectivity index (χ1v) is 9.69. The second kappa shape index (κ2) is 7.77. The Morgan fingerprint density at radius 3 is 2.20 bits per heavy atom. The summed E-state index contributed by atoms with van der Waals surface area (Å²) in [4.78, 5) is 16.9. The van der Waals surface area contributed by atoms with Crippen molar-refractivity contribution in [2.45, 2.75) is 52.6 Å². The van der Waals surface area contributed by atoms with Crippen LogP contribution in [0.2, 0.25) is 0 Å². The van der Waals surface area contributed by atoms with Crippen LogP contribution in [0.3, 0.4) is 0 Å². The van der Waals surface area contributed by atoms with Crippen LogP contribution in [0.15, 0.2) is 24.3 Å². The van der Waals surface area contributed by atoms with Crippen LogP contribution in [0.5, 0.6) is 5.75 Å². The van der Waals surface area contributed by atoms with Crippen molar-refractivity contribution in [3.05, 3.63) is 29.8 Å². The van der Waals surface area contributed by atoms with E-state index in [1.807, 2.05) is 29.2 Å². The van der Waals surface area contributed by atoms with Gasteiger partial charge in [-0.3, -0.25) is 4.79 Å². The molecule has 4 nitrogen and oxygen atoms in total. The highest BCUT2D eigenvalue weighted by Gasteiger charge is 2.24. The van der Waals surface area contributed by atoms with Crippen LogP contribution < -0.4 is 4.74 Å². The van der Waals surface area contributed by atoms with E-state index in [2.05, 4.69) is 25.7 Å². The lowest BCUT2D eigenvalue weighted by Gasteiger charge is -2.35. The van der Waals surface area contributed by atoms with Gasteiger partial charge in [0.2, 0.25) is 0 Å². The molecule has 0 atom stereocenters. The first-order valence-electron chi connectivity index (χ1n) is 9.69. The van der Waals surface area contributed by atoms with Crippen molar-refractivity contribution < 1.29 is 9.53 Å². The summed E-state index contributed by atoms with van der Waals surface area (Å²) < 4.78 is 6.14. The molecule has 1 aromatic rings. The van der Waals surface area contributed by atoms with Crippen LogP contribution in [0.25, 0.3) is 0 Å². The van der Waals surface area contributed by atoms with Crippen molar-refractivity contribution in [1.82, 2.24) is 9.80 Å². The summed E-state index contributed by atoms with van der Waals surface area (Å²) in [6.45, 7) is 12.0. The fraction of sp³-hybridized carbons (Fsp3) is 0.667. The summed E-state index contributed by atoms with van der Waals surface area (Å²) in [6.07, 6.45) is 4.69. The average molecular weight is 344 g/mol. The molecule has 0 aliphatic carbocycles. The molecule has 0 spiro atoms. The Balaban J connectivity index is 1.48. The minimum absolute atomic E-state index is 0.152. The molecule has 25 heavy (non-hydrogen) atoms. The molecule has 2 saturated heterocycles. The second-order valence-corrected chi connectivity index (χ2v) is 8.68. The molecular weight excluding hydrogens is 312 g/mol. The molecule has 138 valence electrons. The van der Waals surface area contributed by atoms with Gasteiger partial charge in [0, 0.05) is 38.3 Å². The third kappa shape index (κ3) is 5.21. The maximum atomic E-state index is 12.4. The molecule has 4 heteroatoms. The molecule has 2 heterocycles. The fourth-order valence-electron chi connectivity index (χ4n) is 3.83. The third-order valence-corrected chi connectivity index (χ3v) is 5.03. The zero-order valence-electron chi connectivity index (χ0n) is 16.0. The minimum atomic E-state index is 0.152.